The van der Waals surface area contributed by atoms with Crippen LogP contribution in [0.3, 0.4) is 0 Å². The molecule has 0 aromatic heterocycles. The molecule has 4 heteroatoms. The lowest BCUT2D eigenvalue weighted by Crippen LogP contribution is -2.00. The number of rotatable bonds is 6. The van der Waals surface area contributed by atoms with E-state index >= 15 is 0 Å². The largest absolute Gasteiger partial charge is 0.507 e. The van der Waals surface area contributed by atoms with Crippen LogP contribution in [0, 0.1) is 27.7 Å². The summed E-state index contributed by atoms with van der Waals surface area (Å²) in [6, 6.07) is 19.0. The highest BCUT2D eigenvalue weighted by atomic mass is 16.3. The van der Waals surface area contributed by atoms with E-state index in [9.17, 15) is 20.4 Å². The summed E-state index contributed by atoms with van der Waals surface area (Å²) in [6.45, 7) is 7.67. The van der Waals surface area contributed by atoms with Crippen LogP contribution < -0.4 is 0 Å². The van der Waals surface area contributed by atoms with E-state index in [1.807, 2.05) is 88.4 Å². The third kappa shape index (κ3) is 5.12. The fourth-order valence-corrected chi connectivity index (χ4v) is 4.75. The number of aromatic hydroxyl groups is 4. The number of para-hydroxylation sites is 2. The highest BCUT2D eigenvalue weighted by molar-refractivity contribution is 5.54. The van der Waals surface area contributed by atoms with E-state index in [1.165, 1.54) is 0 Å². The number of aryl methyl sites for hydroxylation is 4. The van der Waals surface area contributed by atoms with E-state index in [-0.39, 0.29) is 23.0 Å². The van der Waals surface area contributed by atoms with Crippen LogP contribution >= 0.6 is 0 Å². The molecule has 0 aliphatic carbocycles. The Kier molecular flexibility index (Phi) is 6.74. The molecular formula is C31H32O4. The second-order valence-electron chi connectivity index (χ2n) is 9.56. The van der Waals surface area contributed by atoms with E-state index in [4.69, 9.17) is 0 Å². The summed E-state index contributed by atoms with van der Waals surface area (Å²) < 4.78 is 0. The van der Waals surface area contributed by atoms with E-state index in [2.05, 4.69) is 0 Å². The molecule has 180 valence electrons. The zero-order valence-electron chi connectivity index (χ0n) is 20.7. The standard InChI is InChI=1S/C31H32O4/c1-18-11-24(15-22-9-5-7-20(3)28(22)32)30(34)26(13-18)17-27-14-19(2)12-25(31(27)35)16-23-10-6-8-21(4)29(23)33/h5-14,32-35H,15-17H2,1-4H3. The minimum atomic E-state index is 0.176. The summed E-state index contributed by atoms with van der Waals surface area (Å²) in [5, 5.41) is 43.2. The number of benzene rings is 4. The number of hydrogen-bond acceptors (Lipinski definition) is 4. The molecule has 0 amide bonds. The van der Waals surface area contributed by atoms with Crippen molar-refractivity contribution >= 4 is 0 Å². The Balaban J connectivity index is 1.69. The lowest BCUT2D eigenvalue weighted by Gasteiger charge is -2.16. The summed E-state index contributed by atoms with van der Waals surface area (Å²) in [5.74, 6) is 0.844. The van der Waals surface area contributed by atoms with Crippen molar-refractivity contribution in [1.29, 1.82) is 0 Å². The van der Waals surface area contributed by atoms with Gasteiger partial charge in [0, 0.05) is 19.3 Å². The van der Waals surface area contributed by atoms with Gasteiger partial charge in [-0.05, 0) is 72.2 Å². The van der Waals surface area contributed by atoms with Crippen molar-refractivity contribution in [2.75, 3.05) is 0 Å². The normalized spacial score (nSPS) is 11.1. The zero-order valence-corrected chi connectivity index (χ0v) is 20.7. The van der Waals surface area contributed by atoms with E-state index in [0.29, 0.717) is 19.3 Å². The molecule has 0 bridgehead atoms. The Morgan fingerprint density at radius 3 is 1.09 bits per heavy atom. The zero-order chi connectivity index (χ0) is 25.3. The van der Waals surface area contributed by atoms with Gasteiger partial charge in [0.25, 0.3) is 0 Å². The van der Waals surface area contributed by atoms with Gasteiger partial charge in [-0.15, -0.1) is 0 Å². The van der Waals surface area contributed by atoms with Gasteiger partial charge in [-0.25, -0.2) is 0 Å². The van der Waals surface area contributed by atoms with Crippen LogP contribution in [0.1, 0.15) is 55.6 Å². The minimum absolute atomic E-state index is 0.176. The van der Waals surface area contributed by atoms with Gasteiger partial charge in [-0.3, -0.25) is 0 Å². The molecule has 0 aliphatic rings. The molecule has 0 saturated carbocycles. The third-order valence-corrected chi connectivity index (χ3v) is 6.61. The molecule has 4 nitrogen and oxygen atoms in total. The molecule has 0 heterocycles. The van der Waals surface area contributed by atoms with Gasteiger partial charge in [-0.2, -0.15) is 0 Å². The van der Waals surface area contributed by atoms with Gasteiger partial charge in [0.2, 0.25) is 0 Å². The Bertz CT molecular complexity index is 1290. The van der Waals surface area contributed by atoms with Crippen LogP contribution in [0.2, 0.25) is 0 Å². The predicted octanol–water partition coefficient (Wildman–Crippen LogP) is 6.52. The molecule has 0 fully saturated rings. The molecule has 0 radical (unpaired) electrons. The number of hydrogen-bond donors (Lipinski definition) is 4. The van der Waals surface area contributed by atoms with Gasteiger partial charge in [0.05, 0.1) is 0 Å². The van der Waals surface area contributed by atoms with E-state index in [1.54, 1.807) is 0 Å². The fourth-order valence-electron chi connectivity index (χ4n) is 4.75. The number of phenols is 4. The van der Waals surface area contributed by atoms with Crippen molar-refractivity contribution in [2.24, 2.45) is 0 Å². The lowest BCUT2D eigenvalue weighted by molar-refractivity contribution is 0.453. The molecule has 0 spiro atoms. The predicted molar refractivity (Wildman–Crippen MR) is 140 cm³/mol. The molecule has 0 aliphatic heterocycles. The fraction of sp³-hybridized carbons (Fsp3) is 0.226. The van der Waals surface area contributed by atoms with Gasteiger partial charge in [0.15, 0.2) is 0 Å². The minimum Gasteiger partial charge on any atom is -0.507 e. The van der Waals surface area contributed by atoms with Gasteiger partial charge in [0.1, 0.15) is 23.0 Å². The molecule has 0 unspecified atom stereocenters. The van der Waals surface area contributed by atoms with Crippen LogP contribution in [-0.4, -0.2) is 20.4 Å². The van der Waals surface area contributed by atoms with Crippen LogP contribution in [0.25, 0.3) is 0 Å². The van der Waals surface area contributed by atoms with Crippen molar-refractivity contribution in [3.8, 4) is 23.0 Å². The molecular weight excluding hydrogens is 436 g/mol. The topological polar surface area (TPSA) is 80.9 Å². The van der Waals surface area contributed by atoms with Crippen LogP contribution in [0.5, 0.6) is 23.0 Å². The first-order valence-corrected chi connectivity index (χ1v) is 11.8. The first-order valence-electron chi connectivity index (χ1n) is 11.8. The Morgan fingerprint density at radius 1 is 0.429 bits per heavy atom. The maximum atomic E-state index is 11.1. The van der Waals surface area contributed by atoms with E-state index < -0.39 is 0 Å². The summed E-state index contributed by atoms with van der Waals surface area (Å²) in [6.07, 6.45) is 1.18. The highest BCUT2D eigenvalue weighted by Crippen LogP contribution is 2.36. The van der Waals surface area contributed by atoms with Crippen LogP contribution in [0.4, 0.5) is 0 Å². The molecule has 0 atom stereocenters. The lowest BCUT2D eigenvalue weighted by atomic mass is 9.92. The Morgan fingerprint density at radius 2 is 0.743 bits per heavy atom. The SMILES string of the molecule is Cc1cc(Cc2cccc(C)c2O)c(O)c(Cc2cc(C)cc(Cc3cccc(C)c3O)c2O)c1. The summed E-state index contributed by atoms with van der Waals surface area (Å²) in [7, 11) is 0. The average molecular weight is 469 g/mol. The second kappa shape index (κ2) is 9.75. The summed E-state index contributed by atoms with van der Waals surface area (Å²) in [5.41, 5.74) is 8.02. The van der Waals surface area contributed by atoms with Crippen molar-refractivity contribution in [3.05, 3.63) is 116 Å². The Labute approximate surface area is 206 Å². The number of phenolic OH excluding ortho intramolecular Hbond substituents is 4. The monoisotopic (exact) mass is 468 g/mol. The quantitative estimate of drug-likeness (QED) is 0.260. The highest BCUT2D eigenvalue weighted by Gasteiger charge is 2.17. The molecule has 0 saturated heterocycles. The molecule has 4 N–H and O–H groups in total. The first kappa shape index (κ1) is 24.2. The maximum absolute atomic E-state index is 11.1. The van der Waals surface area contributed by atoms with Crippen molar-refractivity contribution in [2.45, 2.75) is 47.0 Å². The van der Waals surface area contributed by atoms with Gasteiger partial charge >= 0.3 is 0 Å². The average Bonchev–Trinajstić information content (AvgIpc) is 2.80. The smallest absolute Gasteiger partial charge is 0.122 e. The van der Waals surface area contributed by atoms with Gasteiger partial charge < -0.3 is 20.4 Å². The van der Waals surface area contributed by atoms with Crippen LogP contribution in [0.15, 0.2) is 60.7 Å². The first-order chi connectivity index (χ1) is 16.6. The molecule has 4 rings (SSSR count). The second-order valence-corrected chi connectivity index (χ2v) is 9.56. The van der Waals surface area contributed by atoms with Crippen molar-refractivity contribution < 1.29 is 20.4 Å². The summed E-state index contributed by atoms with van der Waals surface area (Å²) in [4.78, 5) is 0. The van der Waals surface area contributed by atoms with Gasteiger partial charge in [-0.1, -0.05) is 71.8 Å². The third-order valence-electron chi connectivity index (χ3n) is 6.61. The molecule has 4 aromatic rings. The van der Waals surface area contributed by atoms with Crippen LogP contribution in [-0.2, 0) is 19.3 Å². The van der Waals surface area contributed by atoms with Crippen molar-refractivity contribution in [1.82, 2.24) is 0 Å². The maximum Gasteiger partial charge on any atom is 0.122 e. The molecule has 35 heavy (non-hydrogen) atoms. The van der Waals surface area contributed by atoms with Crippen molar-refractivity contribution in [3.63, 3.8) is 0 Å². The Hall–Kier alpha value is -3.92. The summed E-state index contributed by atoms with van der Waals surface area (Å²) >= 11 is 0. The van der Waals surface area contributed by atoms with E-state index in [0.717, 1.165) is 55.6 Å². The molecule has 4 aromatic carbocycles.